The summed E-state index contributed by atoms with van der Waals surface area (Å²) in [6.45, 7) is 1.24. The van der Waals surface area contributed by atoms with E-state index in [0.717, 1.165) is 0 Å². The summed E-state index contributed by atoms with van der Waals surface area (Å²) in [6, 6.07) is 6.09. The van der Waals surface area contributed by atoms with Crippen molar-refractivity contribution in [2.75, 3.05) is 0 Å². The highest BCUT2D eigenvalue weighted by Gasteiger charge is 2.31. The van der Waals surface area contributed by atoms with Crippen LogP contribution >= 0.6 is 0 Å². The Balaban J connectivity index is 0.000000426. The van der Waals surface area contributed by atoms with Gasteiger partial charge in [-0.05, 0) is 19.1 Å². The van der Waals surface area contributed by atoms with Gasteiger partial charge in [-0.15, -0.1) is 0 Å². The van der Waals surface area contributed by atoms with E-state index in [2.05, 4.69) is 0 Å². The minimum absolute atomic E-state index is 0. The van der Waals surface area contributed by atoms with E-state index in [0.29, 0.717) is 0 Å². The molecule has 0 fully saturated rings. The summed E-state index contributed by atoms with van der Waals surface area (Å²) in [5.41, 5.74) is 0.220. The van der Waals surface area contributed by atoms with Gasteiger partial charge in [0.15, 0.2) is 6.29 Å². The normalized spacial score (nSPS) is 19.3. The van der Waals surface area contributed by atoms with Gasteiger partial charge in [-0.2, -0.15) is 0 Å². The number of carbonyl (C=O) groups is 2. The lowest BCUT2D eigenvalue weighted by Gasteiger charge is -2.21. The average molecular weight is 365 g/mol. The van der Waals surface area contributed by atoms with Crippen molar-refractivity contribution in [1.82, 2.24) is 4.72 Å². The minimum Gasteiger partial charge on any atom is -0.412 e. The van der Waals surface area contributed by atoms with Crippen LogP contribution in [0, 0.1) is 0 Å². The van der Waals surface area contributed by atoms with Crippen LogP contribution in [0.25, 0.3) is 0 Å². The van der Waals surface area contributed by atoms with E-state index in [1.165, 1.54) is 19.1 Å². The highest BCUT2D eigenvalue weighted by Crippen LogP contribution is 2.20. The molecular formula is C13H19NO9S. The number of amides is 1. The van der Waals surface area contributed by atoms with E-state index in [1.54, 1.807) is 12.1 Å². The lowest BCUT2D eigenvalue weighted by Crippen LogP contribution is -2.43. The Bertz CT molecular complexity index is 674. The molecule has 0 unspecified atom stereocenters. The van der Waals surface area contributed by atoms with Gasteiger partial charge in [-0.25, -0.2) is 13.1 Å². The van der Waals surface area contributed by atoms with Crippen molar-refractivity contribution in [2.45, 2.75) is 36.2 Å². The summed E-state index contributed by atoms with van der Waals surface area (Å²) in [5.74, 6) is -0.550. The van der Waals surface area contributed by atoms with Gasteiger partial charge in [0.1, 0.15) is 23.2 Å². The number of sulfonamides is 1. The maximum Gasteiger partial charge on any atom is 0.266 e. The van der Waals surface area contributed by atoms with Crippen LogP contribution in [0.15, 0.2) is 29.2 Å². The largest absolute Gasteiger partial charge is 0.412 e. The number of fused-ring (bicyclic) bond motifs is 1. The van der Waals surface area contributed by atoms with E-state index in [-0.39, 0.29) is 22.2 Å². The van der Waals surface area contributed by atoms with E-state index in [1.807, 2.05) is 4.72 Å². The van der Waals surface area contributed by atoms with Gasteiger partial charge >= 0.3 is 0 Å². The molecule has 7 N–H and O–H groups in total. The lowest BCUT2D eigenvalue weighted by atomic mass is 10.1. The number of aldehydes is 1. The zero-order chi connectivity index (χ0) is 17.8. The SMILES string of the molecule is C[C@H](O)[C@H](O)[C@@H](O)[C@@H](O)C=O.O.O=C1NS(=O)(=O)c2ccccc21. The molecule has 0 radical (unpaired) electrons. The second-order valence-electron chi connectivity index (χ2n) is 4.78. The third-order valence-electron chi connectivity index (χ3n) is 2.98. The molecule has 0 saturated heterocycles. The smallest absolute Gasteiger partial charge is 0.266 e. The second-order valence-corrected chi connectivity index (χ2v) is 6.43. The fourth-order valence-electron chi connectivity index (χ4n) is 1.69. The van der Waals surface area contributed by atoms with Crippen molar-refractivity contribution in [2.24, 2.45) is 0 Å². The third-order valence-corrected chi connectivity index (χ3v) is 4.37. The van der Waals surface area contributed by atoms with Crippen LogP contribution in [0.5, 0.6) is 0 Å². The van der Waals surface area contributed by atoms with Gasteiger partial charge in [-0.1, -0.05) is 12.1 Å². The van der Waals surface area contributed by atoms with Crippen molar-refractivity contribution < 1.29 is 43.9 Å². The Morgan fingerprint density at radius 1 is 1.08 bits per heavy atom. The Morgan fingerprint density at radius 2 is 1.62 bits per heavy atom. The van der Waals surface area contributed by atoms with E-state index in [4.69, 9.17) is 20.4 Å². The minimum atomic E-state index is -3.55. The fourth-order valence-corrected chi connectivity index (χ4v) is 2.86. The molecule has 1 amide bonds. The third kappa shape index (κ3) is 5.06. The first-order chi connectivity index (χ1) is 10.6. The van der Waals surface area contributed by atoms with E-state index >= 15 is 0 Å². The quantitative estimate of drug-likeness (QED) is 0.347. The van der Waals surface area contributed by atoms with E-state index in [9.17, 15) is 18.0 Å². The van der Waals surface area contributed by atoms with Crippen LogP contribution in [-0.2, 0) is 14.8 Å². The molecular weight excluding hydrogens is 346 g/mol. The topological polar surface area (TPSA) is 193 Å². The van der Waals surface area contributed by atoms with Crippen LogP contribution in [0.3, 0.4) is 0 Å². The molecule has 1 aliphatic rings. The predicted molar refractivity (Wildman–Crippen MR) is 80.5 cm³/mol. The first-order valence-corrected chi connectivity index (χ1v) is 7.94. The molecule has 10 nitrogen and oxygen atoms in total. The standard InChI is InChI=1S/C7H5NO3S.C6H12O5.H2O/c9-7-5-3-1-2-4-6(5)12(10,11)8-7;1-3(8)5(10)6(11)4(9)2-7;/h1-4H,(H,8,9);2-6,8-11H,1H3;1H2/t;3-,4-,5-,6-;/m.0./s1. The van der Waals surface area contributed by atoms with Gasteiger partial charge in [0.05, 0.1) is 11.7 Å². The molecule has 0 aromatic heterocycles. The van der Waals surface area contributed by atoms with Crippen molar-refractivity contribution in [1.29, 1.82) is 0 Å². The first kappa shape index (κ1) is 22.1. The summed E-state index contributed by atoms with van der Waals surface area (Å²) in [7, 11) is -3.55. The van der Waals surface area contributed by atoms with Crippen LogP contribution in [0.1, 0.15) is 17.3 Å². The Labute approximate surface area is 137 Å². The first-order valence-electron chi connectivity index (χ1n) is 6.45. The molecule has 4 atom stereocenters. The number of aliphatic hydroxyl groups is 4. The zero-order valence-electron chi connectivity index (χ0n) is 12.5. The van der Waals surface area contributed by atoms with Gasteiger partial charge in [0, 0.05) is 0 Å². The number of benzene rings is 1. The molecule has 1 aromatic carbocycles. The lowest BCUT2D eigenvalue weighted by molar-refractivity contribution is -0.132. The van der Waals surface area contributed by atoms with E-state index < -0.39 is 40.3 Å². The predicted octanol–water partition coefficient (Wildman–Crippen LogP) is -3.06. The molecule has 1 aromatic rings. The van der Waals surface area contributed by atoms with Crippen LogP contribution in [-0.4, -0.2) is 70.9 Å². The highest BCUT2D eigenvalue weighted by molar-refractivity contribution is 7.90. The maximum absolute atomic E-state index is 11.1. The fraction of sp³-hybridized carbons (Fsp3) is 0.385. The molecule has 2 rings (SSSR count). The summed E-state index contributed by atoms with van der Waals surface area (Å²) in [5, 5.41) is 35.1. The summed E-state index contributed by atoms with van der Waals surface area (Å²) < 4.78 is 24.2. The summed E-state index contributed by atoms with van der Waals surface area (Å²) >= 11 is 0. The summed E-state index contributed by atoms with van der Waals surface area (Å²) in [6.07, 6.45) is -5.88. The number of rotatable bonds is 4. The van der Waals surface area contributed by atoms with Crippen LogP contribution in [0.4, 0.5) is 0 Å². The Kier molecular flexibility index (Phi) is 8.13. The van der Waals surface area contributed by atoms with Crippen LogP contribution < -0.4 is 4.72 Å². The zero-order valence-corrected chi connectivity index (χ0v) is 13.3. The van der Waals surface area contributed by atoms with Gasteiger partial charge in [-0.3, -0.25) is 4.79 Å². The van der Waals surface area contributed by atoms with Gasteiger partial charge in [0.25, 0.3) is 15.9 Å². The van der Waals surface area contributed by atoms with Gasteiger partial charge in [0.2, 0.25) is 0 Å². The molecule has 0 bridgehead atoms. The van der Waals surface area contributed by atoms with Crippen molar-refractivity contribution in [3.05, 3.63) is 29.8 Å². The molecule has 0 saturated carbocycles. The molecule has 1 aliphatic heterocycles. The highest BCUT2D eigenvalue weighted by atomic mass is 32.2. The molecule has 24 heavy (non-hydrogen) atoms. The Morgan fingerprint density at radius 3 is 2.08 bits per heavy atom. The number of hydrogen-bond acceptors (Lipinski definition) is 8. The Hall–Kier alpha value is -1.89. The van der Waals surface area contributed by atoms with Crippen molar-refractivity contribution >= 4 is 22.2 Å². The molecule has 1 heterocycles. The monoisotopic (exact) mass is 365 g/mol. The van der Waals surface area contributed by atoms with Crippen molar-refractivity contribution in [3.8, 4) is 0 Å². The number of nitrogens with one attached hydrogen (secondary N) is 1. The van der Waals surface area contributed by atoms with Gasteiger partial charge < -0.3 is 30.7 Å². The molecule has 0 aliphatic carbocycles. The number of carbonyl (C=O) groups excluding carboxylic acids is 2. The molecule has 136 valence electrons. The van der Waals surface area contributed by atoms with Crippen LogP contribution in [0.2, 0.25) is 0 Å². The number of aliphatic hydroxyl groups excluding tert-OH is 4. The second kappa shape index (κ2) is 8.82. The number of hydrogen-bond donors (Lipinski definition) is 5. The summed E-state index contributed by atoms with van der Waals surface area (Å²) in [4.78, 5) is 20.9. The average Bonchev–Trinajstić information content (AvgIpc) is 2.75. The van der Waals surface area contributed by atoms with Crippen molar-refractivity contribution in [3.63, 3.8) is 0 Å². The molecule has 11 heteroatoms. The molecule has 0 spiro atoms. The maximum atomic E-state index is 11.1.